The summed E-state index contributed by atoms with van der Waals surface area (Å²) >= 11 is 1.72. The normalized spacial score (nSPS) is 10.3. The zero-order valence-corrected chi connectivity index (χ0v) is 12.4. The standard InChI is InChI=1S/C16H15N3OS/c1-20-14-7-3-2-6-13(14)15-16(18-9-8-17-15)19-11-12-5-4-10-21-12/h2-10H,11H2,1H3,(H,18,19). The number of thiophene rings is 1. The van der Waals surface area contributed by atoms with Gasteiger partial charge in [0, 0.05) is 22.8 Å². The molecule has 3 aromatic rings. The third-order valence-corrected chi connectivity index (χ3v) is 3.95. The fraction of sp³-hybridized carbons (Fsp3) is 0.125. The number of rotatable bonds is 5. The maximum Gasteiger partial charge on any atom is 0.153 e. The van der Waals surface area contributed by atoms with Crippen molar-refractivity contribution in [2.45, 2.75) is 6.54 Å². The molecular formula is C16H15N3OS. The maximum absolute atomic E-state index is 5.41. The van der Waals surface area contributed by atoms with Gasteiger partial charge in [0.2, 0.25) is 0 Å². The first-order valence-corrected chi connectivity index (χ1v) is 7.47. The van der Waals surface area contributed by atoms with Crippen LogP contribution in [0.1, 0.15) is 4.88 Å². The molecule has 0 fully saturated rings. The van der Waals surface area contributed by atoms with E-state index in [0.29, 0.717) is 0 Å². The number of hydrogen-bond donors (Lipinski definition) is 1. The molecule has 1 N–H and O–H groups in total. The summed E-state index contributed by atoms with van der Waals surface area (Å²) in [5.74, 6) is 1.55. The lowest BCUT2D eigenvalue weighted by Gasteiger charge is -2.12. The molecular weight excluding hydrogens is 282 g/mol. The van der Waals surface area contributed by atoms with Crippen molar-refractivity contribution in [3.8, 4) is 17.0 Å². The minimum Gasteiger partial charge on any atom is -0.496 e. The molecule has 2 aromatic heterocycles. The zero-order valence-electron chi connectivity index (χ0n) is 11.6. The van der Waals surface area contributed by atoms with Gasteiger partial charge in [0.05, 0.1) is 13.7 Å². The number of anilines is 1. The SMILES string of the molecule is COc1ccccc1-c1nccnc1NCc1cccs1. The van der Waals surface area contributed by atoms with Crippen LogP contribution >= 0.6 is 11.3 Å². The Morgan fingerprint density at radius 2 is 1.95 bits per heavy atom. The Hall–Kier alpha value is -2.40. The highest BCUT2D eigenvalue weighted by Crippen LogP contribution is 2.32. The van der Waals surface area contributed by atoms with Crippen LogP contribution in [0.2, 0.25) is 0 Å². The molecule has 0 atom stereocenters. The topological polar surface area (TPSA) is 47.0 Å². The van der Waals surface area contributed by atoms with Crippen LogP contribution in [0.5, 0.6) is 5.75 Å². The Morgan fingerprint density at radius 1 is 1.10 bits per heavy atom. The van der Waals surface area contributed by atoms with Gasteiger partial charge in [-0.1, -0.05) is 18.2 Å². The van der Waals surface area contributed by atoms with Crippen LogP contribution in [-0.4, -0.2) is 17.1 Å². The number of para-hydroxylation sites is 1. The van der Waals surface area contributed by atoms with Crippen LogP contribution in [-0.2, 0) is 6.54 Å². The molecule has 0 radical (unpaired) electrons. The molecule has 2 heterocycles. The molecule has 0 saturated heterocycles. The van der Waals surface area contributed by atoms with E-state index in [1.165, 1.54) is 4.88 Å². The minimum atomic E-state index is 0.735. The number of benzene rings is 1. The monoisotopic (exact) mass is 297 g/mol. The molecule has 21 heavy (non-hydrogen) atoms. The Bertz CT molecular complexity index is 713. The molecule has 106 valence electrons. The van der Waals surface area contributed by atoms with E-state index in [-0.39, 0.29) is 0 Å². The van der Waals surface area contributed by atoms with Crippen molar-refractivity contribution in [1.29, 1.82) is 0 Å². The van der Waals surface area contributed by atoms with Crippen molar-refractivity contribution >= 4 is 17.2 Å². The summed E-state index contributed by atoms with van der Waals surface area (Å²) in [7, 11) is 1.66. The zero-order chi connectivity index (χ0) is 14.5. The Morgan fingerprint density at radius 3 is 2.76 bits per heavy atom. The third kappa shape index (κ3) is 3.03. The predicted molar refractivity (Wildman–Crippen MR) is 85.7 cm³/mol. The van der Waals surface area contributed by atoms with Gasteiger partial charge in [-0.15, -0.1) is 11.3 Å². The van der Waals surface area contributed by atoms with E-state index in [9.17, 15) is 0 Å². The van der Waals surface area contributed by atoms with Crippen LogP contribution in [0.25, 0.3) is 11.3 Å². The molecule has 0 bridgehead atoms. The van der Waals surface area contributed by atoms with E-state index in [0.717, 1.165) is 29.4 Å². The summed E-state index contributed by atoms with van der Waals surface area (Å²) < 4.78 is 5.41. The van der Waals surface area contributed by atoms with Crippen LogP contribution in [0, 0.1) is 0 Å². The lowest BCUT2D eigenvalue weighted by molar-refractivity contribution is 0.416. The summed E-state index contributed by atoms with van der Waals surface area (Å²) in [5, 5.41) is 5.41. The van der Waals surface area contributed by atoms with E-state index in [1.54, 1.807) is 30.8 Å². The molecule has 0 spiro atoms. The van der Waals surface area contributed by atoms with Crippen LogP contribution < -0.4 is 10.1 Å². The average Bonchev–Trinajstić information content (AvgIpc) is 3.06. The number of hydrogen-bond acceptors (Lipinski definition) is 5. The largest absolute Gasteiger partial charge is 0.496 e. The van der Waals surface area contributed by atoms with Gasteiger partial charge in [0.15, 0.2) is 5.82 Å². The quantitative estimate of drug-likeness (QED) is 0.777. The number of nitrogens with one attached hydrogen (secondary N) is 1. The van der Waals surface area contributed by atoms with Crippen molar-refractivity contribution in [3.63, 3.8) is 0 Å². The molecule has 0 aliphatic heterocycles. The third-order valence-electron chi connectivity index (χ3n) is 3.07. The van der Waals surface area contributed by atoms with Gasteiger partial charge in [-0.2, -0.15) is 0 Å². The lowest BCUT2D eigenvalue weighted by atomic mass is 10.1. The van der Waals surface area contributed by atoms with E-state index in [2.05, 4.69) is 26.7 Å². The Kier molecular flexibility index (Phi) is 4.12. The van der Waals surface area contributed by atoms with Gasteiger partial charge in [-0.05, 0) is 23.6 Å². The molecule has 0 amide bonds. The van der Waals surface area contributed by atoms with Gasteiger partial charge in [0.25, 0.3) is 0 Å². The first-order valence-electron chi connectivity index (χ1n) is 6.59. The van der Waals surface area contributed by atoms with E-state index in [1.807, 2.05) is 30.3 Å². The molecule has 4 nitrogen and oxygen atoms in total. The highest BCUT2D eigenvalue weighted by molar-refractivity contribution is 7.09. The molecule has 3 rings (SSSR count). The van der Waals surface area contributed by atoms with Crippen LogP contribution in [0.3, 0.4) is 0 Å². The summed E-state index contributed by atoms with van der Waals surface area (Å²) in [6.07, 6.45) is 3.38. The number of ether oxygens (including phenoxy) is 1. The van der Waals surface area contributed by atoms with Gasteiger partial charge in [-0.3, -0.25) is 4.98 Å². The molecule has 5 heteroatoms. The number of methoxy groups -OCH3 is 1. The first kappa shape index (κ1) is 13.6. The summed E-state index contributed by atoms with van der Waals surface area (Å²) in [6, 6.07) is 12.0. The fourth-order valence-electron chi connectivity index (χ4n) is 2.09. The van der Waals surface area contributed by atoms with Crippen molar-refractivity contribution < 1.29 is 4.74 Å². The van der Waals surface area contributed by atoms with Gasteiger partial charge in [0.1, 0.15) is 11.4 Å². The second kappa shape index (κ2) is 6.37. The van der Waals surface area contributed by atoms with Crippen molar-refractivity contribution in [2.24, 2.45) is 0 Å². The second-order valence-corrected chi connectivity index (χ2v) is 5.42. The predicted octanol–water partition coefficient (Wildman–Crippen LogP) is 3.83. The van der Waals surface area contributed by atoms with Crippen molar-refractivity contribution in [2.75, 3.05) is 12.4 Å². The first-order chi connectivity index (χ1) is 10.4. The minimum absolute atomic E-state index is 0.735. The number of nitrogens with zero attached hydrogens (tertiary/aromatic N) is 2. The molecule has 0 saturated carbocycles. The highest BCUT2D eigenvalue weighted by atomic mass is 32.1. The molecule has 0 aliphatic carbocycles. The molecule has 0 aliphatic rings. The Balaban J connectivity index is 1.92. The van der Waals surface area contributed by atoms with Gasteiger partial charge >= 0.3 is 0 Å². The Labute approximate surface area is 127 Å². The highest BCUT2D eigenvalue weighted by Gasteiger charge is 2.12. The van der Waals surface area contributed by atoms with Crippen molar-refractivity contribution in [1.82, 2.24) is 9.97 Å². The average molecular weight is 297 g/mol. The number of aromatic nitrogens is 2. The maximum atomic E-state index is 5.41. The van der Waals surface area contributed by atoms with Crippen molar-refractivity contribution in [3.05, 3.63) is 59.0 Å². The van der Waals surface area contributed by atoms with Crippen LogP contribution in [0.15, 0.2) is 54.2 Å². The fourth-order valence-corrected chi connectivity index (χ4v) is 2.73. The van der Waals surface area contributed by atoms with E-state index < -0.39 is 0 Å². The van der Waals surface area contributed by atoms with Crippen LogP contribution in [0.4, 0.5) is 5.82 Å². The molecule has 1 aromatic carbocycles. The second-order valence-electron chi connectivity index (χ2n) is 4.39. The summed E-state index contributed by atoms with van der Waals surface area (Å²) in [5.41, 5.74) is 1.73. The van der Waals surface area contributed by atoms with E-state index >= 15 is 0 Å². The van der Waals surface area contributed by atoms with E-state index in [4.69, 9.17) is 4.74 Å². The summed E-state index contributed by atoms with van der Waals surface area (Å²) in [4.78, 5) is 10.1. The van der Waals surface area contributed by atoms with Gasteiger partial charge < -0.3 is 10.1 Å². The smallest absolute Gasteiger partial charge is 0.153 e. The molecule has 0 unspecified atom stereocenters. The van der Waals surface area contributed by atoms with Gasteiger partial charge in [-0.25, -0.2) is 4.98 Å². The lowest BCUT2D eigenvalue weighted by Crippen LogP contribution is -2.03. The summed E-state index contributed by atoms with van der Waals surface area (Å²) in [6.45, 7) is 0.735.